The molecule has 2 aromatic rings. The Kier molecular flexibility index (Phi) is 3.30. The van der Waals surface area contributed by atoms with E-state index in [1.165, 1.54) is 0 Å². The SMILES string of the molecule is COc1cccc(C(N)c2ccc(O)cc2)c1. The summed E-state index contributed by atoms with van der Waals surface area (Å²) in [6, 6.07) is 14.4. The smallest absolute Gasteiger partial charge is 0.119 e. The van der Waals surface area contributed by atoms with E-state index in [0.717, 1.165) is 16.9 Å². The van der Waals surface area contributed by atoms with Gasteiger partial charge in [0.05, 0.1) is 13.2 Å². The Balaban J connectivity index is 2.29. The number of hydrogen-bond donors (Lipinski definition) is 2. The van der Waals surface area contributed by atoms with Crippen LogP contribution in [0.5, 0.6) is 11.5 Å². The van der Waals surface area contributed by atoms with Gasteiger partial charge in [-0.3, -0.25) is 0 Å². The molecule has 0 aromatic heterocycles. The number of ether oxygens (including phenoxy) is 1. The lowest BCUT2D eigenvalue weighted by Crippen LogP contribution is -2.11. The summed E-state index contributed by atoms with van der Waals surface area (Å²) in [5, 5.41) is 9.23. The van der Waals surface area contributed by atoms with Crippen LogP contribution in [0.15, 0.2) is 48.5 Å². The third kappa shape index (κ3) is 2.57. The minimum Gasteiger partial charge on any atom is -0.508 e. The van der Waals surface area contributed by atoms with Crippen LogP contribution in [0.2, 0.25) is 0 Å². The van der Waals surface area contributed by atoms with Crippen molar-refractivity contribution in [1.29, 1.82) is 0 Å². The van der Waals surface area contributed by atoms with Crippen molar-refractivity contribution >= 4 is 0 Å². The Morgan fingerprint density at radius 3 is 2.41 bits per heavy atom. The molecule has 0 radical (unpaired) electrons. The van der Waals surface area contributed by atoms with Crippen LogP contribution in [0.4, 0.5) is 0 Å². The number of rotatable bonds is 3. The Morgan fingerprint density at radius 2 is 1.76 bits per heavy atom. The molecule has 3 N–H and O–H groups in total. The molecule has 0 saturated carbocycles. The summed E-state index contributed by atoms with van der Waals surface area (Å²) in [5.41, 5.74) is 8.09. The summed E-state index contributed by atoms with van der Waals surface area (Å²) in [5.74, 6) is 1.03. The van der Waals surface area contributed by atoms with Gasteiger partial charge in [0.2, 0.25) is 0 Å². The second-order valence-electron chi connectivity index (χ2n) is 3.85. The molecule has 2 aromatic carbocycles. The summed E-state index contributed by atoms with van der Waals surface area (Å²) < 4.78 is 5.16. The van der Waals surface area contributed by atoms with Crippen LogP contribution in [-0.2, 0) is 0 Å². The van der Waals surface area contributed by atoms with Crippen LogP contribution >= 0.6 is 0 Å². The zero-order chi connectivity index (χ0) is 12.3. The minimum atomic E-state index is -0.217. The zero-order valence-corrected chi connectivity index (χ0v) is 9.63. The lowest BCUT2D eigenvalue weighted by molar-refractivity contribution is 0.414. The van der Waals surface area contributed by atoms with Gasteiger partial charge in [-0.1, -0.05) is 24.3 Å². The largest absolute Gasteiger partial charge is 0.508 e. The van der Waals surface area contributed by atoms with Gasteiger partial charge in [0.25, 0.3) is 0 Å². The molecule has 0 aliphatic heterocycles. The van der Waals surface area contributed by atoms with E-state index in [-0.39, 0.29) is 11.8 Å². The normalized spacial score (nSPS) is 12.1. The Bertz CT molecular complexity index is 494. The monoisotopic (exact) mass is 229 g/mol. The van der Waals surface area contributed by atoms with Crippen molar-refractivity contribution in [1.82, 2.24) is 0 Å². The van der Waals surface area contributed by atoms with E-state index in [1.807, 2.05) is 36.4 Å². The van der Waals surface area contributed by atoms with Crippen molar-refractivity contribution < 1.29 is 9.84 Å². The van der Waals surface area contributed by atoms with Gasteiger partial charge >= 0.3 is 0 Å². The molecular formula is C14H15NO2. The van der Waals surface area contributed by atoms with Crippen LogP contribution in [0.1, 0.15) is 17.2 Å². The third-order valence-corrected chi connectivity index (χ3v) is 2.71. The van der Waals surface area contributed by atoms with Crippen molar-refractivity contribution in [3.8, 4) is 11.5 Å². The van der Waals surface area contributed by atoms with Gasteiger partial charge in [0.1, 0.15) is 11.5 Å². The molecule has 2 rings (SSSR count). The molecule has 1 unspecified atom stereocenters. The van der Waals surface area contributed by atoms with Gasteiger partial charge in [-0.15, -0.1) is 0 Å². The number of benzene rings is 2. The minimum absolute atomic E-state index is 0.217. The van der Waals surface area contributed by atoms with Gasteiger partial charge in [-0.25, -0.2) is 0 Å². The highest BCUT2D eigenvalue weighted by atomic mass is 16.5. The number of nitrogens with two attached hydrogens (primary N) is 1. The molecule has 0 amide bonds. The second kappa shape index (κ2) is 4.89. The van der Waals surface area contributed by atoms with Gasteiger partial charge in [0, 0.05) is 0 Å². The van der Waals surface area contributed by atoms with Crippen LogP contribution < -0.4 is 10.5 Å². The first-order chi connectivity index (χ1) is 8.20. The second-order valence-corrected chi connectivity index (χ2v) is 3.85. The van der Waals surface area contributed by atoms with E-state index in [9.17, 15) is 5.11 Å². The standard InChI is InChI=1S/C14H15NO2/c1-17-13-4-2-3-11(9-13)14(15)10-5-7-12(16)8-6-10/h2-9,14,16H,15H2,1H3. The summed E-state index contributed by atoms with van der Waals surface area (Å²) in [7, 11) is 1.63. The first kappa shape index (κ1) is 11.5. The summed E-state index contributed by atoms with van der Waals surface area (Å²) in [6.07, 6.45) is 0. The van der Waals surface area contributed by atoms with Crippen LogP contribution in [0.25, 0.3) is 0 Å². The molecule has 17 heavy (non-hydrogen) atoms. The van der Waals surface area contributed by atoms with E-state index in [4.69, 9.17) is 10.5 Å². The number of methoxy groups -OCH3 is 1. The molecular weight excluding hydrogens is 214 g/mol. The molecule has 88 valence electrons. The third-order valence-electron chi connectivity index (χ3n) is 2.71. The molecule has 0 spiro atoms. The van der Waals surface area contributed by atoms with E-state index in [2.05, 4.69) is 0 Å². The van der Waals surface area contributed by atoms with Crippen molar-refractivity contribution in [2.24, 2.45) is 5.73 Å². The summed E-state index contributed by atoms with van der Waals surface area (Å²) >= 11 is 0. The highest BCUT2D eigenvalue weighted by molar-refractivity contribution is 5.37. The molecule has 0 heterocycles. The maximum Gasteiger partial charge on any atom is 0.119 e. The molecule has 0 bridgehead atoms. The maximum absolute atomic E-state index is 9.23. The molecule has 3 nitrogen and oxygen atoms in total. The predicted molar refractivity (Wildman–Crippen MR) is 67.1 cm³/mol. The number of phenolic OH excluding ortho intramolecular Hbond substituents is 1. The van der Waals surface area contributed by atoms with E-state index in [0.29, 0.717) is 0 Å². The predicted octanol–water partition coefficient (Wildman–Crippen LogP) is 2.45. The fourth-order valence-corrected chi connectivity index (χ4v) is 1.71. The first-order valence-corrected chi connectivity index (χ1v) is 5.39. The van der Waals surface area contributed by atoms with Gasteiger partial charge in [-0.05, 0) is 35.4 Å². The molecule has 1 atom stereocenters. The Morgan fingerprint density at radius 1 is 1.06 bits per heavy atom. The van der Waals surface area contributed by atoms with E-state index in [1.54, 1.807) is 19.2 Å². The van der Waals surface area contributed by atoms with Crippen molar-refractivity contribution in [3.63, 3.8) is 0 Å². The van der Waals surface area contributed by atoms with E-state index >= 15 is 0 Å². The molecule has 0 fully saturated rings. The fraction of sp³-hybridized carbons (Fsp3) is 0.143. The molecule has 3 heteroatoms. The summed E-state index contributed by atoms with van der Waals surface area (Å²) in [4.78, 5) is 0. The average molecular weight is 229 g/mol. The van der Waals surface area contributed by atoms with E-state index < -0.39 is 0 Å². The average Bonchev–Trinajstić information content (AvgIpc) is 2.39. The van der Waals surface area contributed by atoms with Gasteiger partial charge in [0.15, 0.2) is 0 Å². The number of aromatic hydroxyl groups is 1. The number of hydrogen-bond acceptors (Lipinski definition) is 3. The fourth-order valence-electron chi connectivity index (χ4n) is 1.71. The van der Waals surface area contributed by atoms with Crippen molar-refractivity contribution in [2.75, 3.05) is 7.11 Å². The molecule has 0 aliphatic carbocycles. The topological polar surface area (TPSA) is 55.5 Å². The Labute approximate surface area is 100 Å². The molecule has 0 aliphatic rings. The van der Waals surface area contributed by atoms with Crippen LogP contribution in [0, 0.1) is 0 Å². The first-order valence-electron chi connectivity index (χ1n) is 5.39. The zero-order valence-electron chi connectivity index (χ0n) is 9.63. The highest BCUT2D eigenvalue weighted by Crippen LogP contribution is 2.24. The maximum atomic E-state index is 9.23. The molecule has 0 saturated heterocycles. The van der Waals surface area contributed by atoms with Crippen LogP contribution in [-0.4, -0.2) is 12.2 Å². The summed E-state index contributed by atoms with van der Waals surface area (Å²) in [6.45, 7) is 0. The highest BCUT2D eigenvalue weighted by Gasteiger charge is 2.09. The van der Waals surface area contributed by atoms with Gasteiger partial charge < -0.3 is 15.6 Å². The Hall–Kier alpha value is -2.00. The van der Waals surface area contributed by atoms with Crippen molar-refractivity contribution in [2.45, 2.75) is 6.04 Å². The lowest BCUT2D eigenvalue weighted by atomic mass is 9.99. The lowest BCUT2D eigenvalue weighted by Gasteiger charge is -2.13. The van der Waals surface area contributed by atoms with Crippen LogP contribution in [0.3, 0.4) is 0 Å². The quantitative estimate of drug-likeness (QED) is 0.850. The number of phenols is 1. The van der Waals surface area contributed by atoms with Gasteiger partial charge in [-0.2, -0.15) is 0 Å². The van der Waals surface area contributed by atoms with Crippen molar-refractivity contribution in [3.05, 3.63) is 59.7 Å².